The van der Waals surface area contributed by atoms with Gasteiger partial charge >= 0.3 is 0 Å². The number of nitriles is 1. The Hall–Kier alpha value is -1.08. The number of rotatable bonds is 5. The zero-order valence-electron chi connectivity index (χ0n) is 10.9. The smallest absolute Gasteiger partial charge is 0.227 e. The second-order valence-corrected chi connectivity index (χ2v) is 4.86. The molecule has 0 aliphatic carbocycles. The van der Waals surface area contributed by atoms with Gasteiger partial charge in [-0.1, -0.05) is 13.8 Å². The van der Waals surface area contributed by atoms with Crippen LogP contribution in [0.15, 0.2) is 0 Å². The third-order valence-corrected chi connectivity index (χ3v) is 3.80. The lowest BCUT2D eigenvalue weighted by atomic mass is 9.77. The van der Waals surface area contributed by atoms with Crippen molar-refractivity contribution < 1.29 is 4.79 Å². The van der Waals surface area contributed by atoms with Crippen LogP contribution in [0.1, 0.15) is 46.0 Å². The van der Waals surface area contributed by atoms with Crippen LogP contribution in [0, 0.1) is 16.7 Å². The summed E-state index contributed by atoms with van der Waals surface area (Å²) in [6.45, 7) is 5.83. The molecule has 0 bridgehead atoms. The Labute approximate surface area is 104 Å². The van der Waals surface area contributed by atoms with Crippen molar-refractivity contribution in [2.75, 3.05) is 13.1 Å². The normalized spacial score (nSPS) is 25.9. The fourth-order valence-corrected chi connectivity index (χ4v) is 2.37. The average Bonchev–Trinajstić information content (AvgIpc) is 2.38. The summed E-state index contributed by atoms with van der Waals surface area (Å²) in [4.78, 5) is 12.3. The number of nitrogens with one attached hydrogen (secondary N) is 2. The highest BCUT2D eigenvalue weighted by molar-refractivity contribution is 5.83. The van der Waals surface area contributed by atoms with Crippen LogP contribution in [-0.2, 0) is 4.79 Å². The Kier molecular flexibility index (Phi) is 5.43. The van der Waals surface area contributed by atoms with Crippen LogP contribution >= 0.6 is 0 Å². The molecule has 2 N–H and O–H groups in total. The Balaban J connectivity index is 2.62. The molecule has 1 fully saturated rings. The van der Waals surface area contributed by atoms with Crippen LogP contribution in [0.5, 0.6) is 0 Å². The first-order chi connectivity index (χ1) is 8.18. The molecule has 1 saturated heterocycles. The van der Waals surface area contributed by atoms with E-state index in [1.165, 1.54) is 0 Å². The van der Waals surface area contributed by atoms with Crippen LogP contribution < -0.4 is 10.6 Å². The van der Waals surface area contributed by atoms with E-state index in [0.29, 0.717) is 6.42 Å². The number of nitrogens with zero attached hydrogens (tertiary/aromatic N) is 1. The Morgan fingerprint density at radius 2 is 2.35 bits per heavy atom. The lowest BCUT2D eigenvalue weighted by Crippen LogP contribution is -2.52. The molecular weight excluding hydrogens is 214 g/mol. The fourth-order valence-electron chi connectivity index (χ4n) is 2.37. The highest BCUT2D eigenvalue weighted by atomic mass is 16.2. The van der Waals surface area contributed by atoms with Crippen molar-refractivity contribution in [3.05, 3.63) is 0 Å². The quantitative estimate of drug-likeness (QED) is 0.763. The van der Waals surface area contributed by atoms with E-state index in [9.17, 15) is 4.79 Å². The number of piperidine rings is 1. The number of hydrogen-bond acceptors (Lipinski definition) is 3. The highest BCUT2D eigenvalue weighted by Gasteiger charge is 2.38. The third-order valence-electron chi connectivity index (χ3n) is 3.80. The van der Waals surface area contributed by atoms with Gasteiger partial charge in [-0.05, 0) is 32.2 Å². The first-order valence-electron chi connectivity index (χ1n) is 6.57. The highest BCUT2D eigenvalue weighted by Crippen LogP contribution is 2.30. The van der Waals surface area contributed by atoms with Gasteiger partial charge in [-0.25, -0.2) is 0 Å². The first kappa shape index (κ1) is 14.0. The molecule has 1 heterocycles. The average molecular weight is 237 g/mol. The molecular formula is C13H23N3O. The second kappa shape index (κ2) is 6.61. The molecule has 1 aliphatic rings. The summed E-state index contributed by atoms with van der Waals surface area (Å²) < 4.78 is 0. The predicted molar refractivity (Wildman–Crippen MR) is 67.3 cm³/mol. The Bertz CT molecular complexity index is 290. The minimum absolute atomic E-state index is 0.00199. The Morgan fingerprint density at radius 1 is 1.59 bits per heavy atom. The standard InChI is InChI=1S/C13H23N3O/c1-3-11(6-8-14)16-12(17)13(4-2)7-5-9-15-10-13/h11,15H,3-7,9-10H2,1-2H3,(H,16,17). The fraction of sp³-hybridized carbons (Fsp3) is 0.846. The van der Waals surface area contributed by atoms with Crippen molar-refractivity contribution in [3.63, 3.8) is 0 Å². The second-order valence-electron chi connectivity index (χ2n) is 4.86. The van der Waals surface area contributed by atoms with Crippen molar-refractivity contribution in [1.82, 2.24) is 10.6 Å². The Morgan fingerprint density at radius 3 is 2.82 bits per heavy atom. The summed E-state index contributed by atoms with van der Waals surface area (Å²) in [5.74, 6) is 0.120. The van der Waals surface area contributed by atoms with E-state index in [-0.39, 0.29) is 17.4 Å². The lowest BCUT2D eigenvalue weighted by Gasteiger charge is -2.36. The molecule has 0 spiro atoms. The van der Waals surface area contributed by atoms with Gasteiger partial charge in [-0.15, -0.1) is 0 Å². The van der Waals surface area contributed by atoms with Crippen LogP contribution in [0.3, 0.4) is 0 Å². The van der Waals surface area contributed by atoms with E-state index in [4.69, 9.17) is 5.26 Å². The molecule has 0 aromatic carbocycles. The number of amides is 1. The molecule has 0 aromatic heterocycles. The molecule has 2 atom stereocenters. The maximum Gasteiger partial charge on any atom is 0.227 e. The monoisotopic (exact) mass is 237 g/mol. The van der Waals surface area contributed by atoms with Crippen LogP contribution in [0.2, 0.25) is 0 Å². The molecule has 17 heavy (non-hydrogen) atoms. The summed E-state index contributed by atoms with van der Waals surface area (Å²) >= 11 is 0. The molecule has 0 saturated carbocycles. The van der Waals surface area contributed by atoms with Gasteiger partial charge < -0.3 is 10.6 Å². The molecule has 1 rings (SSSR count). The van der Waals surface area contributed by atoms with Crippen molar-refractivity contribution in [1.29, 1.82) is 5.26 Å². The summed E-state index contributed by atoms with van der Waals surface area (Å²) in [6.07, 6.45) is 4.07. The largest absolute Gasteiger partial charge is 0.352 e. The van der Waals surface area contributed by atoms with E-state index in [1.807, 2.05) is 6.92 Å². The van der Waals surface area contributed by atoms with Gasteiger partial charge in [-0.2, -0.15) is 5.26 Å². The molecule has 1 aliphatic heterocycles. The molecule has 0 aromatic rings. The van der Waals surface area contributed by atoms with Gasteiger partial charge in [0.25, 0.3) is 0 Å². The van der Waals surface area contributed by atoms with Crippen LogP contribution in [0.25, 0.3) is 0 Å². The maximum absolute atomic E-state index is 12.3. The van der Waals surface area contributed by atoms with Gasteiger partial charge in [0, 0.05) is 12.6 Å². The summed E-state index contributed by atoms with van der Waals surface area (Å²) in [5, 5.41) is 15.0. The van der Waals surface area contributed by atoms with Gasteiger partial charge in [0.1, 0.15) is 0 Å². The van der Waals surface area contributed by atoms with Gasteiger partial charge in [-0.3, -0.25) is 4.79 Å². The van der Waals surface area contributed by atoms with Gasteiger partial charge in [0.2, 0.25) is 5.91 Å². The first-order valence-corrected chi connectivity index (χ1v) is 6.57. The number of carbonyl (C=O) groups is 1. The van der Waals surface area contributed by atoms with E-state index >= 15 is 0 Å². The van der Waals surface area contributed by atoms with Crippen molar-refractivity contribution >= 4 is 5.91 Å². The number of carbonyl (C=O) groups excluding carboxylic acids is 1. The molecule has 4 heteroatoms. The molecule has 1 amide bonds. The summed E-state index contributed by atoms with van der Waals surface area (Å²) in [7, 11) is 0. The topological polar surface area (TPSA) is 64.9 Å². The van der Waals surface area contributed by atoms with Crippen LogP contribution in [0.4, 0.5) is 0 Å². The van der Waals surface area contributed by atoms with Gasteiger partial charge in [0.15, 0.2) is 0 Å². The lowest BCUT2D eigenvalue weighted by molar-refractivity contribution is -0.133. The maximum atomic E-state index is 12.3. The van der Waals surface area contributed by atoms with E-state index in [2.05, 4.69) is 23.6 Å². The molecule has 2 unspecified atom stereocenters. The zero-order chi connectivity index (χ0) is 12.7. The zero-order valence-corrected chi connectivity index (χ0v) is 10.9. The van der Waals surface area contributed by atoms with E-state index in [1.54, 1.807) is 0 Å². The SMILES string of the molecule is CCC(CC#N)NC(=O)C1(CC)CCCNC1. The van der Waals surface area contributed by atoms with Crippen molar-refractivity contribution in [2.24, 2.45) is 5.41 Å². The molecule has 96 valence electrons. The summed E-state index contributed by atoms with van der Waals surface area (Å²) in [5.41, 5.74) is -0.263. The van der Waals surface area contributed by atoms with Gasteiger partial charge in [0.05, 0.1) is 17.9 Å². The van der Waals surface area contributed by atoms with Crippen LogP contribution in [-0.4, -0.2) is 25.0 Å². The summed E-state index contributed by atoms with van der Waals surface area (Å²) in [6, 6.07) is 2.13. The molecule has 4 nitrogen and oxygen atoms in total. The third kappa shape index (κ3) is 3.44. The van der Waals surface area contributed by atoms with E-state index < -0.39 is 0 Å². The minimum Gasteiger partial charge on any atom is -0.352 e. The van der Waals surface area contributed by atoms with E-state index in [0.717, 1.165) is 38.8 Å². The van der Waals surface area contributed by atoms with Crippen molar-refractivity contribution in [2.45, 2.75) is 52.0 Å². The van der Waals surface area contributed by atoms with Crippen molar-refractivity contribution in [3.8, 4) is 6.07 Å². The molecule has 0 radical (unpaired) electrons. The minimum atomic E-state index is -0.263. The number of hydrogen-bond donors (Lipinski definition) is 2. The predicted octanol–water partition coefficient (Wildman–Crippen LogP) is 1.57.